The second-order valence-electron chi connectivity index (χ2n) is 5.68. The topological polar surface area (TPSA) is 37.4 Å². The largest absolute Gasteiger partial charge is 0.381 e. The van der Waals surface area contributed by atoms with Crippen LogP contribution in [0.2, 0.25) is 0 Å². The van der Waals surface area contributed by atoms with Crippen LogP contribution in [0.4, 0.5) is 0 Å². The molecule has 19 heavy (non-hydrogen) atoms. The summed E-state index contributed by atoms with van der Waals surface area (Å²) in [5.41, 5.74) is 1.37. The fraction of sp³-hybridized carbons (Fsp3) is 0.667. The minimum absolute atomic E-state index is 0.247. The van der Waals surface area contributed by atoms with Gasteiger partial charge in [0, 0.05) is 37.9 Å². The second kappa shape index (κ2) is 6.98. The molecule has 1 aliphatic rings. The predicted molar refractivity (Wildman–Crippen MR) is 77.0 cm³/mol. The van der Waals surface area contributed by atoms with Crippen molar-refractivity contribution < 1.29 is 4.74 Å². The summed E-state index contributed by atoms with van der Waals surface area (Å²) in [5.74, 6) is 0. The molecule has 0 spiro atoms. The van der Waals surface area contributed by atoms with E-state index >= 15 is 0 Å². The molecule has 1 saturated heterocycles. The third-order valence-electron chi connectivity index (χ3n) is 3.72. The van der Waals surface area contributed by atoms with Crippen molar-refractivity contribution in [3.8, 4) is 0 Å². The maximum absolute atomic E-state index is 5.71. The van der Waals surface area contributed by atoms with Gasteiger partial charge in [0.2, 0.25) is 0 Å². The average molecular weight is 263 g/mol. The van der Waals surface area contributed by atoms with E-state index in [4.69, 9.17) is 4.74 Å². The Morgan fingerprint density at radius 3 is 3.00 bits per heavy atom. The number of aromatic nitrogens is 1. The molecule has 1 aromatic heterocycles. The Hall–Kier alpha value is -0.970. The van der Waals surface area contributed by atoms with Gasteiger partial charge < -0.3 is 10.1 Å². The number of hydrogen-bond donors (Lipinski definition) is 1. The lowest BCUT2D eigenvalue weighted by Gasteiger charge is -2.39. The van der Waals surface area contributed by atoms with Crippen molar-refractivity contribution in [1.29, 1.82) is 0 Å². The Morgan fingerprint density at radius 2 is 2.37 bits per heavy atom. The highest BCUT2D eigenvalue weighted by Crippen LogP contribution is 2.29. The summed E-state index contributed by atoms with van der Waals surface area (Å²) in [6, 6.07) is 6.09. The van der Waals surface area contributed by atoms with Crippen molar-refractivity contribution in [2.24, 2.45) is 5.41 Å². The quantitative estimate of drug-likeness (QED) is 0.844. The molecular formula is C15H25N3O. The Bertz CT molecular complexity index is 357. The molecule has 1 fully saturated rings. The number of ether oxygens (including phenoxy) is 1. The van der Waals surface area contributed by atoms with Crippen molar-refractivity contribution >= 4 is 0 Å². The monoisotopic (exact) mass is 263 g/mol. The van der Waals surface area contributed by atoms with E-state index in [0.717, 1.165) is 38.5 Å². The summed E-state index contributed by atoms with van der Waals surface area (Å²) in [7, 11) is 4.19. The average Bonchev–Trinajstić information content (AvgIpc) is 2.40. The molecule has 0 amide bonds. The molecule has 2 heterocycles. The van der Waals surface area contributed by atoms with Crippen molar-refractivity contribution in [2.75, 3.05) is 40.4 Å². The molecule has 2 rings (SSSR count). The lowest BCUT2D eigenvalue weighted by Crippen LogP contribution is -2.47. The molecule has 1 aliphatic heterocycles. The van der Waals surface area contributed by atoms with E-state index in [0.29, 0.717) is 0 Å². The molecule has 0 aliphatic carbocycles. The van der Waals surface area contributed by atoms with E-state index in [-0.39, 0.29) is 5.41 Å². The summed E-state index contributed by atoms with van der Waals surface area (Å²) in [6.07, 6.45) is 4.26. The van der Waals surface area contributed by atoms with Crippen molar-refractivity contribution in [3.63, 3.8) is 0 Å². The van der Waals surface area contributed by atoms with Gasteiger partial charge in [0.1, 0.15) is 0 Å². The lowest BCUT2D eigenvalue weighted by molar-refractivity contribution is -0.0229. The molecular weight excluding hydrogens is 238 g/mol. The zero-order valence-corrected chi connectivity index (χ0v) is 12.1. The first-order chi connectivity index (χ1) is 9.24. The Kier molecular flexibility index (Phi) is 5.31. The molecule has 1 N–H and O–H groups in total. The van der Waals surface area contributed by atoms with E-state index in [1.165, 1.54) is 12.8 Å². The molecule has 4 heteroatoms. The third-order valence-corrected chi connectivity index (χ3v) is 3.72. The summed E-state index contributed by atoms with van der Waals surface area (Å²) < 4.78 is 5.71. The number of nitrogens with one attached hydrogen (secondary N) is 1. The van der Waals surface area contributed by atoms with Gasteiger partial charge in [-0.15, -0.1) is 0 Å². The van der Waals surface area contributed by atoms with E-state index in [1.807, 2.05) is 25.4 Å². The van der Waals surface area contributed by atoms with Crippen LogP contribution in [-0.4, -0.2) is 50.3 Å². The van der Waals surface area contributed by atoms with Gasteiger partial charge in [-0.3, -0.25) is 9.88 Å². The first-order valence-corrected chi connectivity index (χ1v) is 7.05. The molecule has 1 unspecified atom stereocenters. The number of hydrogen-bond acceptors (Lipinski definition) is 4. The van der Waals surface area contributed by atoms with Gasteiger partial charge in [-0.2, -0.15) is 0 Å². The van der Waals surface area contributed by atoms with Crippen LogP contribution >= 0.6 is 0 Å². The number of rotatable bonds is 6. The van der Waals surface area contributed by atoms with Crippen molar-refractivity contribution in [2.45, 2.75) is 19.4 Å². The zero-order valence-electron chi connectivity index (χ0n) is 12.1. The van der Waals surface area contributed by atoms with Crippen LogP contribution < -0.4 is 5.32 Å². The van der Waals surface area contributed by atoms with Crippen LogP contribution in [0.15, 0.2) is 24.4 Å². The van der Waals surface area contributed by atoms with Crippen LogP contribution in [0.5, 0.6) is 0 Å². The highest BCUT2D eigenvalue weighted by Gasteiger charge is 2.33. The molecule has 0 aromatic carbocycles. The summed E-state index contributed by atoms with van der Waals surface area (Å²) in [6.45, 7) is 4.73. The van der Waals surface area contributed by atoms with Crippen molar-refractivity contribution in [3.05, 3.63) is 30.1 Å². The van der Waals surface area contributed by atoms with Crippen LogP contribution in [0, 0.1) is 5.41 Å². The highest BCUT2D eigenvalue weighted by atomic mass is 16.5. The predicted octanol–water partition coefficient (Wildman–Crippen LogP) is 1.53. The molecule has 0 bridgehead atoms. The first-order valence-electron chi connectivity index (χ1n) is 7.05. The minimum Gasteiger partial charge on any atom is -0.381 e. The fourth-order valence-corrected chi connectivity index (χ4v) is 3.00. The van der Waals surface area contributed by atoms with Crippen LogP contribution in [-0.2, 0) is 11.3 Å². The molecule has 0 saturated carbocycles. The third kappa shape index (κ3) is 4.27. The highest BCUT2D eigenvalue weighted by molar-refractivity contribution is 5.03. The number of nitrogens with zero attached hydrogens (tertiary/aromatic N) is 2. The van der Waals surface area contributed by atoms with Gasteiger partial charge in [0.05, 0.1) is 12.3 Å². The minimum atomic E-state index is 0.247. The van der Waals surface area contributed by atoms with E-state index < -0.39 is 0 Å². The normalized spacial score (nSPS) is 23.7. The maximum Gasteiger partial charge on any atom is 0.0546 e. The van der Waals surface area contributed by atoms with E-state index in [9.17, 15) is 0 Å². The van der Waals surface area contributed by atoms with Gasteiger partial charge in [0.25, 0.3) is 0 Å². The molecule has 106 valence electrons. The maximum atomic E-state index is 5.71. The molecule has 1 atom stereocenters. The fourth-order valence-electron chi connectivity index (χ4n) is 3.00. The van der Waals surface area contributed by atoms with Crippen LogP contribution in [0.25, 0.3) is 0 Å². The van der Waals surface area contributed by atoms with Gasteiger partial charge in [-0.1, -0.05) is 6.07 Å². The Balaban J connectivity index is 1.93. The molecule has 4 nitrogen and oxygen atoms in total. The molecule has 1 aromatic rings. The SMILES string of the molecule is CNCC1(CN(C)Cc2ccccn2)CCCOC1. The van der Waals surface area contributed by atoms with Gasteiger partial charge in [-0.05, 0) is 39.1 Å². The lowest BCUT2D eigenvalue weighted by atomic mass is 9.82. The summed E-state index contributed by atoms with van der Waals surface area (Å²) in [4.78, 5) is 6.75. The first kappa shape index (κ1) is 14.4. The summed E-state index contributed by atoms with van der Waals surface area (Å²) >= 11 is 0. The number of pyridine rings is 1. The second-order valence-corrected chi connectivity index (χ2v) is 5.68. The van der Waals surface area contributed by atoms with Crippen LogP contribution in [0.3, 0.4) is 0 Å². The standard InChI is InChI=1S/C15H25N3O/c1-16-11-15(7-5-9-19-13-15)12-18(2)10-14-6-3-4-8-17-14/h3-4,6,8,16H,5,7,9-13H2,1-2H3. The Labute approximate surface area is 116 Å². The van der Waals surface area contributed by atoms with Gasteiger partial charge >= 0.3 is 0 Å². The molecule has 0 radical (unpaired) electrons. The van der Waals surface area contributed by atoms with Crippen LogP contribution in [0.1, 0.15) is 18.5 Å². The van der Waals surface area contributed by atoms with Gasteiger partial charge in [-0.25, -0.2) is 0 Å². The van der Waals surface area contributed by atoms with Crippen molar-refractivity contribution in [1.82, 2.24) is 15.2 Å². The summed E-state index contributed by atoms with van der Waals surface area (Å²) in [5, 5.41) is 3.33. The Morgan fingerprint density at radius 1 is 1.47 bits per heavy atom. The zero-order chi connectivity index (χ0) is 13.6. The smallest absolute Gasteiger partial charge is 0.0546 e. The van der Waals surface area contributed by atoms with E-state index in [2.05, 4.69) is 28.3 Å². The van der Waals surface area contributed by atoms with Gasteiger partial charge in [0.15, 0.2) is 0 Å². The van der Waals surface area contributed by atoms with E-state index in [1.54, 1.807) is 0 Å².